The molecular formula is C18H15F3N2O. The molecule has 0 radical (unpaired) electrons. The minimum Gasteiger partial charge on any atom is -0.494 e. The van der Waals surface area contributed by atoms with E-state index in [9.17, 15) is 13.2 Å². The van der Waals surface area contributed by atoms with Gasteiger partial charge in [0.05, 0.1) is 23.5 Å². The van der Waals surface area contributed by atoms with Crippen LogP contribution in [-0.4, -0.2) is 6.61 Å². The highest BCUT2D eigenvalue weighted by atomic mass is 19.4. The molecule has 0 spiro atoms. The fourth-order valence-corrected chi connectivity index (χ4v) is 1.81. The maximum atomic E-state index is 12.5. The van der Waals surface area contributed by atoms with Gasteiger partial charge in [0, 0.05) is 6.42 Å². The maximum Gasteiger partial charge on any atom is 0.416 e. The van der Waals surface area contributed by atoms with Crippen LogP contribution >= 0.6 is 0 Å². The molecule has 0 heterocycles. The van der Waals surface area contributed by atoms with Gasteiger partial charge in [0.1, 0.15) is 5.75 Å². The minimum atomic E-state index is -4.36. The Labute approximate surface area is 138 Å². The van der Waals surface area contributed by atoms with Crippen molar-refractivity contribution in [1.82, 2.24) is 0 Å². The zero-order valence-electron chi connectivity index (χ0n) is 12.8. The van der Waals surface area contributed by atoms with Crippen molar-refractivity contribution in [3.05, 3.63) is 54.1 Å². The second-order valence-electron chi connectivity index (χ2n) is 4.89. The summed E-state index contributed by atoms with van der Waals surface area (Å²) in [6.07, 6.45) is 2.25. The summed E-state index contributed by atoms with van der Waals surface area (Å²) in [6, 6.07) is 11.4. The number of unbranched alkanes of at least 4 members (excludes halogenated alkanes) is 1. The molecule has 0 aromatic heterocycles. The van der Waals surface area contributed by atoms with Gasteiger partial charge in [-0.15, -0.1) is 12.3 Å². The van der Waals surface area contributed by atoms with Crippen LogP contribution in [0.1, 0.15) is 18.4 Å². The van der Waals surface area contributed by atoms with Gasteiger partial charge in [-0.2, -0.15) is 23.4 Å². The predicted molar refractivity (Wildman–Crippen MR) is 85.6 cm³/mol. The molecule has 24 heavy (non-hydrogen) atoms. The lowest BCUT2D eigenvalue weighted by molar-refractivity contribution is -0.137. The fourth-order valence-electron chi connectivity index (χ4n) is 1.81. The van der Waals surface area contributed by atoms with E-state index in [0.29, 0.717) is 30.2 Å². The number of benzene rings is 2. The Morgan fingerprint density at radius 1 is 0.917 bits per heavy atom. The summed E-state index contributed by atoms with van der Waals surface area (Å²) in [5.74, 6) is 3.23. The van der Waals surface area contributed by atoms with Crippen molar-refractivity contribution in [2.24, 2.45) is 10.2 Å². The lowest BCUT2D eigenvalue weighted by Gasteiger charge is -2.05. The van der Waals surface area contributed by atoms with E-state index in [1.54, 1.807) is 24.3 Å². The number of azo groups is 1. The monoisotopic (exact) mass is 332 g/mol. The molecule has 0 aliphatic rings. The number of terminal acetylenes is 1. The van der Waals surface area contributed by atoms with Crippen LogP contribution in [0.15, 0.2) is 58.8 Å². The van der Waals surface area contributed by atoms with Gasteiger partial charge in [-0.25, -0.2) is 0 Å². The summed E-state index contributed by atoms with van der Waals surface area (Å²) in [7, 11) is 0. The standard InChI is InChI=1S/C18H15F3N2O/c1-2-3-4-13-24-17-11-9-16(10-12-17)23-22-15-7-5-14(6-8-15)18(19,20)21/h1,5-12H,3-4,13H2. The number of hydrogen-bond acceptors (Lipinski definition) is 3. The fraction of sp³-hybridized carbons (Fsp3) is 0.222. The molecule has 124 valence electrons. The van der Waals surface area contributed by atoms with Gasteiger partial charge >= 0.3 is 6.18 Å². The van der Waals surface area contributed by atoms with Gasteiger partial charge in [-0.05, 0) is 55.0 Å². The van der Waals surface area contributed by atoms with Gasteiger partial charge in [-0.3, -0.25) is 0 Å². The molecule has 0 aliphatic carbocycles. The highest BCUT2D eigenvalue weighted by Gasteiger charge is 2.29. The van der Waals surface area contributed by atoms with Crippen molar-refractivity contribution in [1.29, 1.82) is 0 Å². The normalized spacial score (nSPS) is 11.4. The van der Waals surface area contributed by atoms with Crippen LogP contribution in [0.5, 0.6) is 5.75 Å². The Kier molecular flexibility index (Phi) is 5.96. The number of nitrogens with zero attached hydrogens (tertiary/aromatic N) is 2. The first-order chi connectivity index (χ1) is 11.5. The Bertz CT molecular complexity index is 714. The molecule has 2 aromatic rings. The van der Waals surface area contributed by atoms with Crippen LogP contribution in [0, 0.1) is 12.3 Å². The average molecular weight is 332 g/mol. The van der Waals surface area contributed by atoms with Crippen molar-refractivity contribution in [3.63, 3.8) is 0 Å². The third-order valence-electron chi connectivity index (χ3n) is 3.05. The van der Waals surface area contributed by atoms with E-state index < -0.39 is 11.7 Å². The maximum absolute atomic E-state index is 12.5. The third kappa shape index (κ3) is 5.43. The van der Waals surface area contributed by atoms with E-state index in [1.807, 2.05) is 0 Å². The first-order valence-corrected chi connectivity index (χ1v) is 7.24. The first-order valence-electron chi connectivity index (χ1n) is 7.24. The third-order valence-corrected chi connectivity index (χ3v) is 3.05. The lowest BCUT2D eigenvalue weighted by atomic mass is 10.2. The number of ether oxygens (including phenoxy) is 1. The smallest absolute Gasteiger partial charge is 0.416 e. The SMILES string of the molecule is C#CCCCOc1ccc(N=Nc2ccc(C(F)(F)F)cc2)cc1. The van der Waals surface area contributed by atoms with Crippen LogP contribution in [0.4, 0.5) is 24.5 Å². The van der Waals surface area contributed by atoms with Crippen molar-refractivity contribution < 1.29 is 17.9 Å². The van der Waals surface area contributed by atoms with Crippen molar-refractivity contribution >= 4 is 11.4 Å². The van der Waals surface area contributed by atoms with Crippen LogP contribution < -0.4 is 4.74 Å². The molecule has 0 N–H and O–H groups in total. The summed E-state index contributed by atoms with van der Waals surface area (Å²) in [5.41, 5.74) is 0.205. The average Bonchev–Trinajstić information content (AvgIpc) is 2.57. The number of alkyl halides is 3. The Hall–Kier alpha value is -2.81. The first kappa shape index (κ1) is 17.5. The molecular weight excluding hydrogens is 317 g/mol. The summed E-state index contributed by atoms with van der Waals surface area (Å²) in [5, 5.41) is 7.89. The highest BCUT2D eigenvalue weighted by Crippen LogP contribution is 2.30. The van der Waals surface area contributed by atoms with Crippen LogP contribution in [-0.2, 0) is 6.18 Å². The molecule has 2 rings (SSSR count). The zero-order valence-corrected chi connectivity index (χ0v) is 12.8. The molecule has 0 unspecified atom stereocenters. The molecule has 6 heteroatoms. The second kappa shape index (κ2) is 8.16. The zero-order chi connectivity index (χ0) is 17.4. The number of halogens is 3. The van der Waals surface area contributed by atoms with E-state index >= 15 is 0 Å². The minimum absolute atomic E-state index is 0.345. The van der Waals surface area contributed by atoms with Crippen LogP contribution in [0.25, 0.3) is 0 Å². The molecule has 0 atom stereocenters. The Morgan fingerprint density at radius 3 is 1.96 bits per heavy atom. The van der Waals surface area contributed by atoms with Gasteiger partial charge in [0.2, 0.25) is 0 Å². The van der Waals surface area contributed by atoms with Crippen molar-refractivity contribution in [2.45, 2.75) is 19.0 Å². The molecule has 0 saturated carbocycles. The molecule has 3 nitrogen and oxygen atoms in total. The second-order valence-corrected chi connectivity index (χ2v) is 4.89. The highest BCUT2D eigenvalue weighted by molar-refractivity contribution is 5.43. The largest absolute Gasteiger partial charge is 0.494 e. The van der Waals surface area contributed by atoms with Gasteiger partial charge < -0.3 is 4.74 Å². The Balaban J connectivity index is 1.93. The van der Waals surface area contributed by atoms with Gasteiger partial charge in [0.15, 0.2) is 0 Å². The van der Waals surface area contributed by atoms with E-state index in [2.05, 4.69) is 16.1 Å². The van der Waals surface area contributed by atoms with E-state index in [1.165, 1.54) is 12.1 Å². The van der Waals surface area contributed by atoms with Crippen LogP contribution in [0.3, 0.4) is 0 Å². The van der Waals surface area contributed by atoms with Gasteiger partial charge in [-0.1, -0.05) is 0 Å². The lowest BCUT2D eigenvalue weighted by Crippen LogP contribution is -2.03. The Morgan fingerprint density at radius 2 is 1.46 bits per heavy atom. The molecule has 0 bridgehead atoms. The van der Waals surface area contributed by atoms with E-state index in [-0.39, 0.29) is 0 Å². The summed E-state index contributed by atoms with van der Waals surface area (Å²) in [6.45, 7) is 0.538. The molecule has 0 saturated heterocycles. The molecule has 0 fully saturated rings. The van der Waals surface area contributed by atoms with Crippen molar-refractivity contribution in [3.8, 4) is 18.1 Å². The molecule has 0 amide bonds. The summed E-state index contributed by atoms with van der Waals surface area (Å²) in [4.78, 5) is 0. The van der Waals surface area contributed by atoms with Crippen molar-refractivity contribution in [2.75, 3.05) is 6.61 Å². The number of hydrogen-bond donors (Lipinski definition) is 0. The van der Waals surface area contributed by atoms with Gasteiger partial charge in [0.25, 0.3) is 0 Å². The van der Waals surface area contributed by atoms with Crippen LogP contribution in [0.2, 0.25) is 0 Å². The number of rotatable bonds is 6. The predicted octanol–water partition coefficient (Wildman–Crippen LogP) is 5.91. The van der Waals surface area contributed by atoms with E-state index in [0.717, 1.165) is 18.6 Å². The quantitative estimate of drug-likeness (QED) is 0.368. The summed E-state index contributed by atoms with van der Waals surface area (Å²) >= 11 is 0. The topological polar surface area (TPSA) is 34.0 Å². The molecule has 2 aromatic carbocycles. The summed E-state index contributed by atoms with van der Waals surface area (Å²) < 4.78 is 42.9. The molecule has 0 aliphatic heterocycles. The van der Waals surface area contributed by atoms with E-state index in [4.69, 9.17) is 11.2 Å².